The van der Waals surface area contributed by atoms with Crippen molar-refractivity contribution in [3.63, 3.8) is 0 Å². The van der Waals surface area contributed by atoms with Gasteiger partial charge in [-0.2, -0.15) is 0 Å². The van der Waals surface area contributed by atoms with Crippen LogP contribution in [0, 0.1) is 17.8 Å². The van der Waals surface area contributed by atoms with Crippen molar-refractivity contribution in [2.45, 2.75) is 6.42 Å². The highest BCUT2D eigenvalue weighted by atomic mass is 16.5. The SMILES string of the molecule is O=C([C@@H]1CCNC1)N1C[C@@H]2COC[C@H]2C1. The molecule has 0 saturated carbocycles. The molecule has 3 fully saturated rings. The Morgan fingerprint density at radius 3 is 2.60 bits per heavy atom. The Balaban J connectivity index is 1.61. The van der Waals surface area contributed by atoms with Crippen LogP contribution < -0.4 is 5.32 Å². The minimum Gasteiger partial charge on any atom is -0.381 e. The lowest BCUT2D eigenvalue weighted by molar-refractivity contribution is -0.134. The van der Waals surface area contributed by atoms with Crippen molar-refractivity contribution in [1.82, 2.24) is 10.2 Å². The van der Waals surface area contributed by atoms with Crippen LogP contribution in [0.4, 0.5) is 0 Å². The van der Waals surface area contributed by atoms with E-state index in [2.05, 4.69) is 10.2 Å². The summed E-state index contributed by atoms with van der Waals surface area (Å²) < 4.78 is 5.41. The zero-order valence-corrected chi connectivity index (χ0v) is 8.95. The standard InChI is InChI=1S/C11H18N2O2/c14-11(8-1-2-12-3-8)13-4-9-6-15-7-10(9)5-13/h8-10,12H,1-7H2/t8-,9-,10-/m1/s1. The van der Waals surface area contributed by atoms with Crippen LogP contribution >= 0.6 is 0 Å². The van der Waals surface area contributed by atoms with E-state index in [-0.39, 0.29) is 5.92 Å². The highest BCUT2D eigenvalue weighted by molar-refractivity contribution is 5.79. The number of nitrogens with zero attached hydrogens (tertiary/aromatic N) is 1. The van der Waals surface area contributed by atoms with Crippen molar-refractivity contribution in [2.75, 3.05) is 39.4 Å². The normalized spacial score (nSPS) is 39.7. The maximum Gasteiger partial charge on any atom is 0.227 e. The van der Waals surface area contributed by atoms with Crippen molar-refractivity contribution >= 4 is 5.91 Å². The van der Waals surface area contributed by atoms with Crippen molar-refractivity contribution in [1.29, 1.82) is 0 Å². The minimum atomic E-state index is 0.241. The maximum absolute atomic E-state index is 12.1. The first-order chi connectivity index (χ1) is 7.34. The third kappa shape index (κ3) is 1.66. The number of nitrogens with one attached hydrogen (secondary N) is 1. The van der Waals surface area contributed by atoms with Crippen molar-refractivity contribution in [2.24, 2.45) is 17.8 Å². The average Bonchev–Trinajstić information content (AvgIpc) is 2.92. The molecule has 3 heterocycles. The molecule has 3 aliphatic rings. The van der Waals surface area contributed by atoms with Crippen LogP contribution in [-0.4, -0.2) is 50.2 Å². The molecule has 0 spiro atoms. The number of hydrogen-bond acceptors (Lipinski definition) is 3. The van der Waals surface area contributed by atoms with Gasteiger partial charge in [-0.25, -0.2) is 0 Å². The first kappa shape index (κ1) is 9.60. The van der Waals surface area contributed by atoms with Gasteiger partial charge in [0.2, 0.25) is 5.91 Å². The van der Waals surface area contributed by atoms with Crippen LogP contribution in [0.2, 0.25) is 0 Å². The molecule has 0 bridgehead atoms. The topological polar surface area (TPSA) is 41.6 Å². The summed E-state index contributed by atoms with van der Waals surface area (Å²) in [5.74, 6) is 1.84. The van der Waals surface area contributed by atoms with E-state index in [4.69, 9.17) is 4.74 Å². The van der Waals surface area contributed by atoms with Crippen LogP contribution in [0.5, 0.6) is 0 Å². The Bertz CT molecular complexity index is 251. The van der Waals surface area contributed by atoms with Crippen LogP contribution in [0.15, 0.2) is 0 Å². The van der Waals surface area contributed by atoms with Gasteiger partial charge in [-0.05, 0) is 13.0 Å². The molecular formula is C11H18N2O2. The van der Waals surface area contributed by atoms with E-state index in [9.17, 15) is 4.79 Å². The molecule has 15 heavy (non-hydrogen) atoms. The fourth-order valence-electron chi connectivity index (χ4n) is 2.99. The van der Waals surface area contributed by atoms with Gasteiger partial charge in [0.25, 0.3) is 0 Å². The fourth-order valence-corrected chi connectivity index (χ4v) is 2.99. The minimum absolute atomic E-state index is 0.241. The third-order valence-corrected chi connectivity index (χ3v) is 3.96. The zero-order valence-electron chi connectivity index (χ0n) is 8.95. The molecular weight excluding hydrogens is 192 g/mol. The second-order valence-corrected chi connectivity index (χ2v) is 4.99. The van der Waals surface area contributed by atoms with Crippen LogP contribution in [0.1, 0.15) is 6.42 Å². The van der Waals surface area contributed by atoms with Gasteiger partial charge in [-0.1, -0.05) is 0 Å². The van der Waals surface area contributed by atoms with Gasteiger partial charge >= 0.3 is 0 Å². The number of ether oxygens (including phenoxy) is 1. The molecule has 0 radical (unpaired) electrons. The van der Waals surface area contributed by atoms with Crippen LogP contribution in [0.3, 0.4) is 0 Å². The van der Waals surface area contributed by atoms with Crippen molar-refractivity contribution in [3.8, 4) is 0 Å². The van der Waals surface area contributed by atoms with Crippen LogP contribution in [-0.2, 0) is 9.53 Å². The van der Waals surface area contributed by atoms with Gasteiger partial charge in [0, 0.05) is 31.5 Å². The van der Waals surface area contributed by atoms with Gasteiger partial charge in [-0.15, -0.1) is 0 Å². The van der Waals surface area contributed by atoms with E-state index in [1.165, 1.54) is 0 Å². The predicted molar refractivity (Wildman–Crippen MR) is 55.4 cm³/mol. The van der Waals surface area contributed by atoms with Gasteiger partial charge < -0.3 is 15.0 Å². The number of carbonyl (C=O) groups excluding carboxylic acids is 1. The molecule has 3 saturated heterocycles. The number of hydrogen-bond donors (Lipinski definition) is 1. The van der Waals surface area contributed by atoms with Gasteiger partial charge in [-0.3, -0.25) is 4.79 Å². The van der Waals surface area contributed by atoms with Gasteiger partial charge in [0.1, 0.15) is 0 Å². The Kier molecular flexibility index (Phi) is 2.41. The summed E-state index contributed by atoms with van der Waals surface area (Å²) in [6, 6.07) is 0. The van der Waals surface area contributed by atoms with E-state index in [0.29, 0.717) is 17.7 Å². The summed E-state index contributed by atoms with van der Waals surface area (Å²) in [6.07, 6.45) is 1.02. The van der Waals surface area contributed by atoms with E-state index < -0.39 is 0 Å². The fraction of sp³-hybridized carbons (Fsp3) is 0.909. The van der Waals surface area contributed by atoms with E-state index in [1.54, 1.807) is 0 Å². The molecule has 1 amide bonds. The third-order valence-electron chi connectivity index (χ3n) is 3.96. The largest absolute Gasteiger partial charge is 0.381 e. The molecule has 3 rings (SSSR count). The Hall–Kier alpha value is -0.610. The maximum atomic E-state index is 12.1. The molecule has 3 aliphatic heterocycles. The molecule has 4 heteroatoms. The molecule has 0 aromatic carbocycles. The predicted octanol–water partition coefficient (Wildman–Crippen LogP) is -0.299. The second-order valence-electron chi connectivity index (χ2n) is 4.99. The summed E-state index contributed by atoms with van der Waals surface area (Å²) in [6.45, 7) is 5.45. The lowest BCUT2D eigenvalue weighted by atomic mass is 10.0. The lowest BCUT2D eigenvalue weighted by Crippen LogP contribution is -2.36. The molecule has 0 unspecified atom stereocenters. The first-order valence-electron chi connectivity index (χ1n) is 5.92. The van der Waals surface area contributed by atoms with Crippen LogP contribution in [0.25, 0.3) is 0 Å². The van der Waals surface area contributed by atoms with Gasteiger partial charge in [0.05, 0.1) is 19.1 Å². The lowest BCUT2D eigenvalue weighted by Gasteiger charge is -2.20. The summed E-state index contributed by atoms with van der Waals surface area (Å²) in [5.41, 5.74) is 0. The molecule has 0 aromatic heterocycles. The van der Waals surface area contributed by atoms with Crippen molar-refractivity contribution < 1.29 is 9.53 Å². The molecule has 0 aromatic rings. The average molecular weight is 210 g/mol. The highest BCUT2D eigenvalue weighted by Crippen LogP contribution is 2.30. The molecule has 4 nitrogen and oxygen atoms in total. The molecule has 1 N–H and O–H groups in total. The quantitative estimate of drug-likeness (QED) is 0.646. The summed E-state index contributed by atoms with van der Waals surface area (Å²) in [5, 5.41) is 3.25. The Morgan fingerprint density at radius 1 is 1.27 bits per heavy atom. The Morgan fingerprint density at radius 2 is 2.00 bits per heavy atom. The molecule has 0 aliphatic carbocycles. The summed E-state index contributed by atoms with van der Waals surface area (Å²) >= 11 is 0. The zero-order chi connectivity index (χ0) is 10.3. The molecule has 3 atom stereocenters. The van der Waals surface area contributed by atoms with Gasteiger partial charge in [0.15, 0.2) is 0 Å². The van der Waals surface area contributed by atoms with E-state index >= 15 is 0 Å². The molecule has 84 valence electrons. The number of likely N-dealkylation sites (tertiary alicyclic amines) is 1. The number of fused-ring (bicyclic) bond motifs is 1. The highest BCUT2D eigenvalue weighted by Gasteiger charge is 2.40. The van der Waals surface area contributed by atoms with E-state index in [1.807, 2.05) is 0 Å². The first-order valence-corrected chi connectivity index (χ1v) is 5.92. The summed E-state index contributed by atoms with van der Waals surface area (Å²) in [7, 11) is 0. The monoisotopic (exact) mass is 210 g/mol. The number of carbonyl (C=O) groups is 1. The number of amides is 1. The number of rotatable bonds is 1. The second kappa shape index (κ2) is 3.76. The Labute approximate surface area is 90.0 Å². The van der Waals surface area contributed by atoms with Crippen molar-refractivity contribution in [3.05, 3.63) is 0 Å². The van der Waals surface area contributed by atoms with E-state index in [0.717, 1.165) is 45.8 Å². The summed E-state index contributed by atoms with van der Waals surface area (Å²) in [4.78, 5) is 14.2. The smallest absolute Gasteiger partial charge is 0.227 e.